The van der Waals surface area contributed by atoms with Gasteiger partial charge in [-0.3, -0.25) is 0 Å². The van der Waals surface area contributed by atoms with Gasteiger partial charge in [0, 0.05) is 6.61 Å². The molecular weight excluding hydrogens is 111 g/mol. The van der Waals surface area contributed by atoms with Gasteiger partial charge in [-0.25, -0.2) is 5.73 Å². The minimum atomic E-state index is 0. The Bertz CT molecular complexity index is 54.4. The van der Waals surface area contributed by atoms with Crippen molar-refractivity contribution in [3.8, 4) is 0 Å². The Balaban J connectivity index is 0.000000490. The molecule has 0 aromatic heterocycles. The van der Waals surface area contributed by atoms with E-state index in [2.05, 4.69) is 0 Å². The molecular formula is C5H11LiOSi. The van der Waals surface area contributed by atoms with E-state index in [0.717, 1.165) is 16.8 Å². The van der Waals surface area contributed by atoms with Crippen LogP contribution in [0.15, 0.2) is 0 Å². The Labute approximate surface area is 65.8 Å². The summed E-state index contributed by atoms with van der Waals surface area (Å²) in [6, 6.07) is 0. The molecule has 1 aliphatic rings. The normalized spacial score (nSPS) is 22.5. The van der Waals surface area contributed by atoms with Gasteiger partial charge in [-0.1, -0.05) is 6.42 Å². The van der Waals surface area contributed by atoms with Crippen LogP contribution < -0.4 is 18.9 Å². The Morgan fingerprint density at radius 3 is 2.38 bits per heavy atom. The van der Waals surface area contributed by atoms with Gasteiger partial charge >= 0.3 is 18.9 Å². The molecule has 1 aliphatic heterocycles. The smallest absolute Gasteiger partial charge is 0.551 e. The van der Waals surface area contributed by atoms with E-state index in [1.807, 2.05) is 0 Å². The van der Waals surface area contributed by atoms with Crippen LogP contribution in [0.25, 0.3) is 0 Å². The Morgan fingerprint density at radius 2 is 2.12 bits per heavy atom. The summed E-state index contributed by atoms with van der Waals surface area (Å²) in [5, 5.41) is 0. The molecule has 0 spiro atoms. The predicted octanol–water partition coefficient (Wildman–Crippen LogP) is -2.95. The minimum absolute atomic E-state index is 0. The number of hydrogen-bond donors (Lipinski definition) is 0. The molecule has 1 rings (SSSR count). The Morgan fingerprint density at radius 1 is 1.38 bits per heavy atom. The zero-order chi connectivity index (χ0) is 5.11. The van der Waals surface area contributed by atoms with E-state index >= 15 is 0 Å². The number of hydrogen-bond acceptors (Lipinski definition) is 1. The van der Waals surface area contributed by atoms with Crippen LogP contribution in [0.1, 0.15) is 19.3 Å². The standard InChI is InChI=1S/C5H11OSi.Li/c7-5-3-1-2-4-6-5;/h1-4H2,7H3;/q-1;+1. The number of rotatable bonds is 0. The van der Waals surface area contributed by atoms with Gasteiger partial charge in [0.25, 0.3) is 0 Å². The maximum absolute atomic E-state index is 5.26. The predicted molar refractivity (Wildman–Crippen MR) is 33.0 cm³/mol. The molecule has 0 unspecified atom stereocenters. The van der Waals surface area contributed by atoms with Crippen LogP contribution in [0.4, 0.5) is 0 Å². The van der Waals surface area contributed by atoms with Gasteiger partial charge in [0.05, 0.1) is 0 Å². The molecule has 0 atom stereocenters. The van der Waals surface area contributed by atoms with Crippen molar-refractivity contribution in [2.24, 2.45) is 0 Å². The minimum Gasteiger partial charge on any atom is -0.551 e. The van der Waals surface area contributed by atoms with Crippen molar-refractivity contribution in [3.63, 3.8) is 0 Å². The first-order valence-electron chi connectivity index (χ1n) is 2.85. The molecule has 42 valence electrons. The molecule has 0 aromatic carbocycles. The van der Waals surface area contributed by atoms with Crippen molar-refractivity contribution in [2.45, 2.75) is 19.3 Å². The third kappa shape index (κ3) is 2.93. The van der Waals surface area contributed by atoms with Crippen molar-refractivity contribution < 1.29 is 23.6 Å². The van der Waals surface area contributed by atoms with Crippen LogP contribution in [0.2, 0.25) is 0 Å². The van der Waals surface area contributed by atoms with Gasteiger partial charge in [0.1, 0.15) is 0 Å². The summed E-state index contributed by atoms with van der Waals surface area (Å²) < 4.78 is 5.26. The summed E-state index contributed by atoms with van der Waals surface area (Å²) in [6.45, 7) is 0.985. The third-order valence-corrected chi connectivity index (χ3v) is 2.06. The second-order valence-electron chi connectivity index (χ2n) is 2.01. The zero-order valence-corrected chi connectivity index (χ0v) is 7.74. The summed E-state index contributed by atoms with van der Waals surface area (Å²) in [5.74, 6) is 0. The first kappa shape index (κ1) is 8.77. The fourth-order valence-corrected chi connectivity index (χ4v) is 1.35. The molecule has 0 aromatic rings. The molecule has 1 nitrogen and oxygen atoms in total. The first-order valence-corrected chi connectivity index (χ1v) is 3.85. The second-order valence-corrected chi connectivity index (χ2v) is 3.12. The van der Waals surface area contributed by atoms with E-state index in [0.29, 0.717) is 0 Å². The first-order chi connectivity index (χ1) is 3.39. The SMILES string of the molecule is [Li+].[SiH3][C-]1CCCCO1. The van der Waals surface area contributed by atoms with E-state index in [4.69, 9.17) is 4.74 Å². The fraction of sp³-hybridized carbons (Fsp3) is 0.800. The molecule has 0 radical (unpaired) electrons. The van der Waals surface area contributed by atoms with Gasteiger partial charge in [0.2, 0.25) is 0 Å². The van der Waals surface area contributed by atoms with Crippen molar-refractivity contribution in [3.05, 3.63) is 5.73 Å². The molecule has 0 amide bonds. The molecule has 0 aliphatic carbocycles. The van der Waals surface area contributed by atoms with Gasteiger partial charge in [-0.15, -0.1) is 10.2 Å². The van der Waals surface area contributed by atoms with Gasteiger partial charge < -0.3 is 4.74 Å². The summed E-state index contributed by atoms with van der Waals surface area (Å²) in [5.41, 5.74) is 1.35. The molecule has 3 heteroatoms. The molecule has 0 N–H and O–H groups in total. The van der Waals surface area contributed by atoms with Crippen LogP contribution in [0.5, 0.6) is 0 Å². The third-order valence-electron chi connectivity index (χ3n) is 1.27. The molecule has 1 fully saturated rings. The van der Waals surface area contributed by atoms with Gasteiger partial charge in [-0.05, 0) is 6.42 Å². The van der Waals surface area contributed by atoms with Crippen molar-refractivity contribution in [2.75, 3.05) is 6.61 Å². The van der Waals surface area contributed by atoms with Crippen molar-refractivity contribution >= 4 is 10.2 Å². The summed E-state index contributed by atoms with van der Waals surface area (Å²) in [4.78, 5) is 0. The molecule has 0 saturated carbocycles. The van der Waals surface area contributed by atoms with Crippen LogP contribution in [-0.2, 0) is 4.74 Å². The van der Waals surface area contributed by atoms with E-state index in [1.165, 1.54) is 25.0 Å². The summed E-state index contributed by atoms with van der Waals surface area (Å²) in [6.07, 6.45) is 3.87. The van der Waals surface area contributed by atoms with Crippen molar-refractivity contribution in [1.82, 2.24) is 0 Å². The second kappa shape index (κ2) is 4.63. The Kier molecular flexibility index (Phi) is 5.08. The quantitative estimate of drug-likeness (QED) is 0.246. The monoisotopic (exact) mass is 122 g/mol. The molecule has 1 saturated heterocycles. The van der Waals surface area contributed by atoms with E-state index in [1.54, 1.807) is 0 Å². The molecule has 8 heavy (non-hydrogen) atoms. The van der Waals surface area contributed by atoms with Gasteiger partial charge in [0.15, 0.2) is 0 Å². The largest absolute Gasteiger partial charge is 1.00 e. The van der Waals surface area contributed by atoms with Gasteiger partial charge in [-0.2, -0.15) is 6.42 Å². The summed E-state index contributed by atoms with van der Waals surface area (Å²) in [7, 11) is 1.15. The van der Waals surface area contributed by atoms with E-state index in [9.17, 15) is 0 Å². The van der Waals surface area contributed by atoms with E-state index < -0.39 is 0 Å². The summed E-state index contributed by atoms with van der Waals surface area (Å²) >= 11 is 0. The Hall–Kier alpha value is 0.774. The van der Waals surface area contributed by atoms with Crippen LogP contribution in [0.3, 0.4) is 0 Å². The molecule has 0 bridgehead atoms. The average molecular weight is 122 g/mol. The van der Waals surface area contributed by atoms with Crippen LogP contribution in [0, 0.1) is 5.73 Å². The topological polar surface area (TPSA) is 9.23 Å². The zero-order valence-electron chi connectivity index (χ0n) is 5.74. The maximum atomic E-state index is 5.26. The van der Waals surface area contributed by atoms with E-state index in [-0.39, 0.29) is 18.9 Å². The maximum Gasteiger partial charge on any atom is 1.00 e. The van der Waals surface area contributed by atoms with Crippen molar-refractivity contribution in [1.29, 1.82) is 0 Å². The number of ether oxygens (including phenoxy) is 1. The van der Waals surface area contributed by atoms with Crippen LogP contribution >= 0.6 is 0 Å². The van der Waals surface area contributed by atoms with Crippen LogP contribution in [-0.4, -0.2) is 16.8 Å². The average Bonchev–Trinajstić information content (AvgIpc) is 1.69. The molecule has 1 heterocycles. The fourth-order valence-electron chi connectivity index (χ4n) is 0.795.